The maximum atomic E-state index is 12.4. The monoisotopic (exact) mass is 407 g/mol. The molecule has 1 saturated heterocycles. The molecule has 158 valence electrons. The second-order valence-electron chi connectivity index (χ2n) is 8.51. The molecule has 2 aromatic carbocycles. The molecule has 2 heterocycles. The van der Waals surface area contributed by atoms with Crippen LogP contribution in [0.5, 0.6) is 11.5 Å². The minimum Gasteiger partial charge on any atom is -0.497 e. The summed E-state index contributed by atoms with van der Waals surface area (Å²) in [7, 11) is 3.38. The molecule has 5 rings (SSSR count). The summed E-state index contributed by atoms with van der Waals surface area (Å²) in [6.07, 6.45) is 3.51. The van der Waals surface area contributed by atoms with Gasteiger partial charge in [0, 0.05) is 50.0 Å². The molecule has 1 N–H and O–H groups in total. The summed E-state index contributed by atoms with van der Waals surface area (Å²) in [5.41, 5.74) is 6.49. The van der Waals surface area contributed by atoms with Crippen LogP contribution in [-0.2, 0) is 19.6 Å². The maximum Gasteiger partial charge on any atom is 0.321 e. The fourth-order valence-corrected chi connectivity index (χ4v) is 4.72. The highest BCUT2D eigenvalue weighted by atomic mass is 16.5. The minimum atomic E-state index is 0.0285. The fourth-order valence-electron chi connectivity index (χ4n) is 4.72. The van der Waals surface area contributed by atoms with Gasteiger partial charge in [-0.2, -0.15) is 0 Å². The van der Waals surface area contributed by atoms with Gasteiger partial charge in [-0.15, -0.1) is 0 Å². The van der Waals surface area contributed by atoms with Crippen molar-refractivity contribution in [3.8, 4) is 11.5 Å². The average Bonchev–Trinajstić information content (AvgIpc) is 3.53. The van der Waals surface area contributed by atoms with Crippen LogP contribution in [0.4, 0.5) is 10.5 Å². The lowest BCUT2D eigenvalue weighted by molar-refractivity contribution is 0.243. The first-order valence-corrected chi connectivity index (χ1v) is 10.8. The summed E-state index contributed by atoms with van der Waals surface area (Å²) in [5.74, 6) is 2.32. The highest BCUT2D eigenvalue weighted by molar-refractivity contribution is 5.93. The van der Waals surface area contributed by atoms with Crippen LogP contribution in [0, 0.1) is 0 Å². The standard InChI is InChI=1S/C24H29N3O3/c1-29-20-7-6-17(23(12-20)30-2)13-26-14-18-10-19(27-9-3-8-25-24(27)28)11-21(16-4-5-16)22(18)15-26/h6-7,10-12,16H,3-5,8-9,13-15H2,1-2H3,(H,25,28). The Kier molecular flexibility index (Phi) is 5.03. The van der Waals surface area contributed by atoms with E-state index in [1.807, 2.05) is 17.0 Å². The Balaban J connectivity index is 1.41. The Bertz CT molecular complexity index is 970. The number of ether oxygens (including phenoxy) is 2. The zero-order valence-corrected chi connectivity index (χ0v) is 17.7. The lowest BCUT2D eigenvalue weighted by Gasteiger charge is -2.28. The molecule has 2 aliphatic heterocycles. The van der Waals surface area contributed by atoms with Crippen LogP contribution < -0.4 is 19.7 Å². The van der Waals surface area contributed by atoms with Crippen molar-refractivity contribution in [3.63, 3.8) is 0 Å². The number of nitrogens with zero attached hydrogens (tertiary/aromatic N) is 2. The summed E-state index contributed by atoms with van der Waals surface area (Å²) in [4.78, 5) is 16.8. The average molecular weight is 408 g/mol. The van der Waals surface area contributed by atoms with Crippen molar-refractivity contribution in [1.82, 2.24) is 10.2 Å². The van der Waals surface area contributed by atoms with Crippen LogP contribution in [0.25, 0.3) is 0 Å². The van der Waals surface area contributed by atoms with Crippen molar-refractivity contribution in [1.29, 1.82) is 0 Å². The molecule has 0 aromatic heterocycles. The number of methoxy groups -OCH3 is 2. The third-order valence-electron chi connectivity index (χ3n) is 6.43. The first-order valence-electron chi connectivity index (χ1n) is 10.8. The van der Waals surface area contributed by atoms with E-state index in [1.54, 1.807) is 14.2 Å². The van der Waals surface area contributed by atoms with E-state index < -0.39 is 0 Å². The molecule has 2 amide bonds. The predicted molar refractivity (Wildman–Crippen MR) is 116 cm³/mol. The van der Waals surface area contributed by atoms with Crippen molar-refractivity contribution in [2.75, 3.05) is 32.2 Å². The molecule has 30 heavy (non-hydrogen) atoms. The van der Waals surface area contributed by atoms with Gasteiger partial charge in [0.05, 0.1) is 14.2 Å². The zero-order valence-electron chi connectivity index (χ0n) is 17.7. The third kappa shape index (κ3) is 3.60. The highest BCUT2D eigenvalue weighted by Gasteiger charge is 2.33. The number of urea groups is 1. The normalized spacial score (nSPS) is 18.9. The maximum absolute atomic E-state index is 12.4. The number of amides is 2. The minimum absolute atomic E-state index is 0.0285. The summed E-state index contributed by atoms with van der Waals surface area (Å²) < 4.78 is 10.9. The Hall–Kier alpha value is -2.73. The number of benzene rings is 2. The van der Waals surface area contributed by atoms with Gasteiger partial charge < -0.3 is 14.8 Å². The van der Waals surface area contributed by atoms with E-state index in [0.29, 0.717) is 5.92 Å². The molecule has 0 spiro atoms. The number of rotatable bonds is 6. The first kappa shape index (κ1) is 19.2. The van der Waals surface area contributed by atoms with Gasteiger partial charge in [0.15, 0.2) is 0 Å². The second kappa shape index (κ2) is 7.84. The SMILES string of the molecule is COc1ccc(CN2Cc3cc(N4CCCNC4=O)cc(C4CC4)c3C2)c(OC)c1. The number of anilines is 1. The number of carbonyl (C=O) groups is 1. The Morgan fingerprint density at radius 1 is 1.10 bits per heavy atom. The number of hydrogen-bond acceptors (Lipinski definition) is 4. The van der Waals surface area contributed by atoms with Crippen molar-refractivity contribution in [2.45, 2.75) is 44.8 Å². The van der Waals surface area contributed by atoms with E-state index in [2.05, 4.69) is 28.4 Å². The zero-order chi connectivity index (χ0) is 20.7. The Labute approximate surface area is 177 Å². The van der Waals surface area contributed by atoms with Gasteiger partial charge >= 0.3 is 6.03 Å². The molecular formula is C24H29N3O3. The van der Waals surface area contributed by atoms with Gasteiger partial charge in [0.1, 0.15) is 11.5 Å². The Morgan fingerprint density at radius 3 is 2.70 bits per heavy atom. The van der Waals surface area contributed by atoms with E-state index in [9.17, 15) is 4.79 Å². The van der Waals surface area contributed by atoms with Crippen LogP contribution in [0.2, 0.25) is 0 Å². The van der Waals surface area contributed by atoms with Crippen molar-refractivity contribution < 1.29 is 14.3 Å². The predicted octanol–water partition coefficient (Wildman–Crippen LogP) is 4.02. The van der Waals surface area contributed by atoms with Gasteiger partial charge in [0.25, 0.3) is 0 Å². The summed E-state index contributed by atoms with van der Waals surface area (Å²) in [5, 5.41) is 2.98. The van der Waals surface area contributed by atoms with Crippen LogP contribution in [0.3, 0.4) is 0 Å². The molecule has 6 nitrogen and oxygen atoms in total. The van der Waals surface area contributed by atoms with Gasteiger partial charge in [-0.05, 0) is 60.1 Å². The Morgan fingerprint density at radius 2 is 1.97 bits per heavy atom. The number of carbonyl (C=O) groups excluding carboxylic acids is 1. The topological polar surface area (TPSA) is 54.0 Å². The van der Waals surface area contributed by atoms with Crippen molar-refractivity contribution >= 4 is 11.7 Å². The molecule has 0 radical (unpaired) electrons. The van der Waals surface area contributed by atoms with E-state index >= 15 is 0 Å². The second-order valence-corrected chi connectivity index (χ2v) is 8.51. The lowest BCUT2D eigenvalue weighted by Crippen LogP contribution is -2.46. The number of hydrogen-bond donors (Lipinski definition) is 1. The molecule has 0 unspecified atom stereocenters. The molecule has 2 fully saturated rings. The molecule has 2 aromatic rings. The largest absolute Gasteiger partial charge is 0.497 e. The molecule has 3 aliphatic rings. The van der Waals surface area contributed by atoms with Crippen LogP contribution >= 0.6 is 0 Å². The molecule has 6 heteroatoms. The highest BCUT2D eigenvalue weighted by Crippen LogP contribution is 2.46. The van der Waals surface area contributed by atoms with E-state index in [4.69, 9.17) is 9.47 Å². The number of nitrogens with one attached hydrogen (secondary N) is 1. The van der Waals surface area contributed by atoms with E-state index in [0.717, 1.165) is 61.9 Å². The smallest absolute Gasteiger partial charge is 0.321 e. The molecule has 0 atom stereocenters. The summed E-state index contributed by atoms with van der Waals surface area (Å²) in [6.45, 7) is 4.23. The molecule has 1 saturated carbocycles. The van der Waals surface area contributed by atoms with Crippen molar-refractivity contribution in [2.24, 2.45) is 0 Å². The quantitative estimate of drug-likeness (QED) is 0.786. The first-order chi connectivity index (χ1) is 14.7. The van der Waals surface area contributed by atoms with Crippen molar-refractivity contribution in [3.05, 3.63) is 52.6 Å². The van der Waals surface area contributed by atoms with Gasteiger partial charge in [-0.3, -0.25) is 9.80 Å². The lowest BCUT2D eigenvalue weighted by atomic mass is 9.98. The summed E-state index contributed by atoms with van der Waals surface area (Å²) >= 11 is 0. The summed E-state index contributed by atoms with van der Waals surface area (Å²) in [6, 6.07) is 10.6. The number of fused-ring (bicyclic) bond motifs is 1. The van der Waals surface area contributed by atoms with Crippen LogP contribution in [0.15, 0.2) is 30.3 Å². The fraction of sp³-hybridized carbons (Fsp3) is 0.458. The van der Waals surface area contributed by atoms with Gasteiger partial charge in [-0.25, -0.2) is 4.79 Å². The van der Waals surface area contributed by atoms with E-state index in [-0.39, 0.29) is 6.03 Å². The van der Waals surface area contributed by atoms with Crippen LogP contribution in [0.1, 0.15) is 47.4 Å². The van der Waals surface area contributed by atoms with E-state index in [1.165, 1.54) is 29.5 Å². The van der Waals surface area contributed by atoms with Gasteiger partial charge in [0.2, 0.25) is 0 Å². The van der Waals surface area contributed by atoms with Gasteiger partial charge in [-0.1, -0.05) is 6.07 Å². The molecule has 1 aliphatic carbocycles. The van der Waals surface area contributed by atoms with Crippen LogP contribution in [-0.4, -0.2) is 38.2 Å². The third-order valence-corrected chi connectivity index (χ3v) is 6.43. The molecule has 0 bridgehead atoms. The molecular weight excluding hydrogens is 378 g/mol.